The molecule has 0 amide bonds. The van der Waals surface area contributed by atoms with Crippen molar-refractivity contribution in [2.75, 3.05) is 26.8 Å². The van der Waals surface area contributed by atoms with Crippen LogP contribution in [0.2, 0.25) is 0 Å². The SMILES string of the molecule is COCCN=C(N)NCCc1cccnc1. The Morgan fingerprint density at radius 3 is 3.19 bits per heavy atom. The first-order valence-corrected chi connectivity index (χ1v) is 5.24. The third-order valence-electron chi connectivity index (χ3n) is 2.02. The second-order valence-electron chi connectivity index (χ2n) is 3.30. The van der Waals surface area contributed by atoms with Gasteiger partial charge in [0, 0.05) is 26.0 Å². The van der Waals surface area contributed by atoms with Gasteiger partial charge in [0.15, 0.2) is 5.96 Å². The van der Waals surface area contributed by atoms with Crippen molar-refractivity contribution < 1.29 is 4.74 Å². The Morgan fingerprint density at radius 2 is 2.50 bits per heavy atom. The maximum atomic E-state index is 5.65. The standard InChI is InChI=1S/C11H18N4O/c1-16-8-7-15-11(12)14-6-4-10-3-2-5-13-9-10/h2-3,5,9H,4,6-8H2,1H3,(H3,12,14,15). The first-order valence-electron chi connectivity index (χ1n) is 5.24. The Kier molecular flexibility index (Phi) is 5.95. The van der Waals surface area contributed by atoms with Gasteiger partial charge in [-0.1, -0.05) is 6.07 Å². The van der Waals surface area contributed by atoms with Crippen LogP contribution in [0.4, 0.5) is 0 Å². The summed E-state index contributed by atoms with van der Waals surface area (Å²) in [6.45, 7) is 1.93. The summed E-state index contributed by atoms with van der Waals surface area (Å²) in [6, 6.07) is 3.96. The Labute approximate surface area is 95.7 Å². The maximum absolute atomic E-state index is 5.65. The lowest BCUT2D eigenvalue weighted by atomic mass is 10.2. The van der Waals surface area contributed by atoms with Crippen molar-refractivity contribution in [1.29, 1.82) is 0 Å². The Hall–Kier alpha value is -1.62. The van der Waals surface area contributed by atoms with E-state index < -0.39 is 0 Å². The Morgan fingerprint density at radius 1 is 1.62 bits per heavy atom. The van der Waals surface area contributed by atoms with Crippen molar-refractivity contribution in [3.63, 3.8) is 0 Å². The first kappa shape index (κ1) is 12.4. The lowest BCUT2D eigenvalue weighted by molar-refractivity contribution is 0.208. The van der Waals surface area contributed by atoms with Crippen LogP contribution < -0.4 is 11.1 Å². The smallest absolute Gasteiger partial charge is 0.188 e. The largest absolute Gasteiger partial charge is 0.383 e. The summed E-state index contributed by atoms with van der Waals surface area (Å²) in [5.41, 5.74) is 6.83. The number of hydrogen-bond acceptors (Lipinski definition) is 3. The van der Waals surface area contributed by atoms with Crippen LogP contribution in [0.15, 0.2) is 29.5 Å². The van der Waals surface area contributed by atoms with E-state index in [-0.39, 0.29) is 0 Å². The molecule has 0 radical (unpaired) electrons. The van der Waals surface area contributed by atoms with E-state index in [0.29, 0.717) is 19.1 Å². The monoisotopic (exact) mass is 222 g/mol. The quantitative estimate of drug-likeness (QED) is 0.409. The number of rotatable bonds is 6. The molecule has 0 saturated carbocycles. The molecule has 88 valence electrons. The average Bonchev–Trinajstić information content (AvgIpc) is 2.31. The fourth-order valence-electron chi connectivity index (χ4n) is 1.19. The van der Waals surface area contributed by atoms with Crippen LogP contribution in [0.1, 0.15) is 5.56 Å². The molecule has 0 fully saturated rings. The highest BCUT2D eigenvalue weighted by Crippen LogP contribution is 1.94. The van der Waals surface area contributed by atoms with Crippen molar-refractivity contribution in [1.82, 2.24) is 10.3 Å². The third kappa shape index (κ3) is 5.31. The number of ether oxygens (including phenoxy) is 1. The molecule has 0 spiro atoms. The van der Waals surface area contributed by atoms with Gasteiger partial charge in [0.25, 0.3) is 0 Å². The van der Waals surface area contributed by atoms with Gasteiger partial charge in [-0.25, -0.2) is 0 Å². The van der Waals surface area contributed by atoms with E-state index in [4.69, 9.17) is 10.5 Å². The zero-order valence-electron chi connectivity index (χ0n) is 9.52. The number of hydrogen-bond donors (Lipinski definition) is 2. The highest BCUT2D eigenvalue weighted by Gasteiger charge is 1.93. The summed E-state index contributed by atoms with van der Waals surface area (Å²) >= 11 is 0. The predicted molar refractivity (Wildman–Crippen MR) is 64.3 cm³/mol. The molecule has 0 aromatic carbocycles. The van der Waals surface area contributed by atoms with Crippen LogP contribution >= 0.6 is 0 Å². The summed E-state index contributed by atoms with van der Waals surface area (Å²) in [6.07, 6.45) is 4.49. The second-order valence-corrected chi connectivity index (χ2v) is 3.30. The molecule has 3 N–H and O–H groups in total. The van der Waals surface area contributed by atoms with Gasteiger partial charge >= 0.3 is 0 Å². The Bertz CT molecular complexity index is 313. The summed E-state index contributed by atoms with van der Waals surface area (Å²) in [5, 5.41) is 3.03. The summed E-state index contributed by atoms with van der Waals surface area (Å²) in [4.78, 5) is 8.13. The number of guanidine groups is 1. The molecule has 0 unspecified atom stereocenters. The minimum absolute atomic E-state index is 0.459. The maximum Gasteiger partial charge on any atom is 0.188 e. The van der Waals surface area contributed by atoms with Crippen LogP contribution in [0.25, 0.3) is 0 Å². The number of nitrogens with one attached hydrogen (secondary N) is 1. The predicted octanol–water partition coefficient (Wildman–Crippen LogP) is 0.175. The zero-order chi connectivity index (χ0) is 11.6. The second kappa shape index (κ2) is 7.64. The Balaban J connectivity index is 2.18. The van der Waals surface area contributed by atoms with E-state index in [0.717, 1.165) is 13.0 Å². The molecule has 0 aliphatic carbocycles. The van der Waals surface area contributed by atoms with Crippen molar-refractivity contribution in [2.45, 2.75) is 6.42 Å². The van der Waals surface area contributed by atoms with Gasteiger partial charge in [-0.2, -0.15) is 0 Å². The zero-order valence-corrected chi connectivity index (χ0v) is 9.52. The molecule has 1 rings (SSSR count). The van der Waals surface area contributed by atoms with E-state index >= 15 is 0 Å². The molecule has 0 bridgehead atoms. The van der Waals surface area contributed by atoms with Gasteiger partial charge < -0.3 is 15.8 Å². The lowest BCUT2D eigenvalue weighted by Gasteiger charge is -2.05. The van der Waals surface area contributed by atoms with Gasteiger partial charge in [-0.05, 0) is 18.1 Å². The van der Waals surface area contributed by atoms with Crippen molar-refractivity contribution in [2.24, 2.45) is 10.7 Å². The van der Waals surface area contributed by atoms with Gasteiger partial charge in [0.1, 0.15) is 0 Å². The summed E-state index contributed by atoms with van der Waals surface area (Å²) in [7, 11) is 1.64. The van der Waals surface area contributed by atoms with Crippen molar-refractivity contribution in [3.8, 4) is 0 Å². The lowest BCUT2D eigenvalue weighted by Crippen LogP contribution is -2.33. The number of aliphatic imine (C=N–C) groups is 1. The van der Waals surface area contributed by atoms with Gasteiger partial charge in [0.2, 0.25) is 0 Å². The summed E-state index contributed by atoms with van der Waals surface area (Å²) < 4.78 is 4.87. The van der Waals surface area contributed by atoms with Crippen LogP contribution in [0, 0.1) is 0 Å². The van der Waals surface area contributed by atoms with Crippen molar-refractivity contribution in [3.05, 3.63) is 30.1 Å². The van der Waals surface area contributed by atoms with Crippen LogP contribution in [-0.2, 0) is 11.2 Å². The van der Waals surface area contributed by atoms with Crippen LogP contribution in [0.5, 0.6) is 0 Å². The molecule has 16 heavy (non-hydrogen) atoms. The fraction of sp³-hybridized carbons (Fsp3) is 0.455. The molecule has 0 aliphatic rings. The van der Waals surface area contributed by atoms with Gasteiger partial charge in [-0.15, -0.1) is 0 Å². The molecule has 5 nitrogen and oxygen atoms in total. The number of methoxy groups -OCH3 is 1. The highest BCUT2D eigenvalue weighted by molar-refractivity contribution is 5.77. The first-order chi connectivity index (χ1) is 7.83. The summed E-state index contributed by atoms with van der Waals surface area (Å²) in [5.74, 6) is 0.459. The van der Waals surface area contributed by atoms with E-state index in [1.54, 1.807) is 13.3 Å². The van der Waals surface area contributed by atoms with Crippen LogP contribution in [-0.4, -0.2) is 37.7 Å². The normalized spacial score (nSPS) is 11.4. The molecule has 0 atom stereocenters. The van der Waals surface area contributed by atoms with E-state index in [9.17, 15) is 0 Å². The molecule has 1 aromatic rings. The van der Waals surface area contributed by atoms with E-state index in [1.807, 2.05) is 18.3 Å². The molecular formula is C11H18N4O. The molecule has 1 heterocycles. The minimum atomic E-state index is 0.459. The third-order valence-corrected chi connectivity index (χ3v) is 2.02. The fourth-order valence-corrected chi connectivity index (χ4v) is 1.19. The van der Waals surface area contributed by atoms with Gasteiger partial charge in [0.05, 0.1) is 13.2 Å². The molecule has 0 saturated heterocycles. The number of nitrogens with two attached hydrogens (primary N) is 1. The minimum Gasteiger partial charge on any atom is -0.383 e. The van der Waals surface area contributed by atoms with Gasteiger partial charge in [-0.3, -0.25) is 9.98 Å². The average molecular weight is 222 g/mol. The molecular weight excluding hydrogens is 204 g/mol. The number of nitrogens with zero attached hydrogens (tertiary/aromatic N) is 2. The molecule has 0 aliphatic heterocycles. The molecule has 1 aromatic heterocycles. The van der Waals surface area contributed by atoms with E-state index in [1.165, 1.54) is 5.56 Å². The topological polar surface area (TPSA) is 72.5 Å². The van der Waals surface area contributed by atoms with E-state index in [2.05, 4.69) is 15.3 Å². The molecule has 5 heteroatoms. The van der Waals surface area contributed by atoms with Crippen molar-refractivity contribution >= 4 is 5.96 Å². The number of pyridine rings is 1. The highest BCUT2D eigenvalue weighted by atomic mass is 16.5. The number of aromatic nitrogens is 1. The van der Waals surface area contributed by atoms with Crippen LogP contribution in [0.3, 0.4) is 0 Å².